The SMILES string of the molecule is COC(=O)CC(B1OC(C)(C)C(C)(C)O1)c1ccc(Cl)cc1Cl. The number of benzene rings is 1. The molecule has 2 rings (SSSR count). The van der Waals surface area contributed by atoms with Crippen molar-refractivity contribution in [3.63, 3.8) is 0 Å². The first-order valence-electron chi connectivity index (χ1n) is 7.45. The number of hydrogen-bond acceptors (Lipinski definition) is 4. The first kappa shape index (κ1) is 18.6. The molecule has 126 valence electrons. The summed E-state index contributed by atoms with van der Waals surface area (Å²) in [6.07, 6.45) is 0.106. The van der Waals surface area contributed by atoms with Gasteiger partial charge in [-0.15, -0.1) is 0 Å². The van der Waals surface area contributed by atoms with Gasteiger partial charge >= 0.3 is 13.1 Å². The minimum Gasteiger partial charge on any atom is -0.469 e. The average molecular weight is 359 g/mol. The number of carbonyl (C=O) groups is 1. The van der Waals surface area contributed by atoms with Crippen LogP contribution in [0.15, 0.2) is 18.2 Å². The van der Waals surface area contributed by atoms with Crippen molar-refractivity contribution in [2.45, 2.75) is 51.1 Å². The van der Waals surface area contributed by atoms with Crippen LogP contribution < -0.4 is 0 Å². The second-order valence-corrected chi connectivity index (χ2v) is 7.52. The lowest BCUT2D eigenvalue weighted by Crippen LogP contribution is -2.41. The fourth-order valence-corrected chi connectivity index (χ4v) is 3.02. The van der Waals surface area contributed by atoms with E-state index in [0.29, 0.717) is 10.0 Å². The normalized spacial score (nSPS) is 20.4. The molecule has 1 atom stereocenters. The van der Waals surface area contributed by atoms with Crippen molar-refractivity contribution in [2.75, 3.05) is 7.11 Å². The summed E-state index contributed by atoms with van der Waals surface area (Å²) < 4.78 is 17.0. The third kappa shape index (κ3) is 3.85. The molecule has 0 amide bonds. The van der Waals surface area contributed by atoms with Crippen LogP contribution in [0.5, 0.6) is 0 Å². The highest BCUT2D eigenvalue weighted by atomic mass is 35.5. The van der Waals surface area contributed by atoms with E-state index in [2.05, 4.69) is 0 Å². The van der Waals surface area contributed by atoms with Gasteiger partial charge in [0.05, 0.1) is 24.7 Å². The smallest absolute Gasteiger partial charge is 0.466 e. The van der Waals surface area contributed by atoms with Crippen molar-refractivity contribution >= 4 is 36.3 Å². The number of carbonyl (C=O) groups excluding carboxylic acids is 1. The number of esters is 1. The summed E-state index contributed by atoms with van der Waals surface area (Å²) in [7, 11) is 0.755. The van der Waals surface area contributed by atoms with Crippen molar-refractivity contribution in [3.8, 4) is 0 Å². The van der Waals surface area contributed by atoms with E-state index in [1.807, 2.05) is 27.7 Å². The topological polar surface area (TPSA) is 44.8 Å². The monoisotopic (exact) mass is 358 g/mol. The molecule has 1 fully saturated rings. The van der Waals surface area contributed by atoms with Crippen molar-refractivity contribution in [1.29, 1.82) is 0 Å². The molecule has 1 heterocycles. The Morgan fingerprint density at radius 2 is 1.78 bits per heavy atom. The minimum absolute atomic E-state index is 0.106. The maximum atomic E-state index is 11.9. The van der Waals surface area contributed by atoms with Gasteiger partial charge in [0.1, 0.15) is 0 Å². The highest BCUT2D eigenvalue weighted by Gasteiger charge is 2.54. The Morgan fingerprint density at radius 1 is 1.22 bits per heavy atom. The number of methoxy groups -OCH3 is 1. The minimum atomic E-state index is -0.599. The van der Waals surface area contributed by atoms with Gasteiger partial charge in [-0.05, 0) is 45.4 Å². The Hall–Kier alpha value is -0.745. The molecule has 0 spiro atoms. The Morgan fingerprint density at radius 3 is 2.26 bits per heavy atom. The number of halogens is 2. The molecule has 0 radical (unpaired) electrons. The van der Waals surface area contributed by atoms with Gasteiger partial charge in [-0.3, -0.25) is 4.79 Å². The van der Waals surface area contributed by atoms with Gasteiger partial charge in [0.15, 0.2) is 0 Å². The molecule has 4 nitrogen and oxygen atoms in total. The van der Waals surface area contributed by atoms with Crippen molar-refractivity contribution in [3.05, 3.63) is 33.8 Å². The molecule has 1 aliphatic rings. The summed E-state index contributed by atoms with van der Waals surface area (Å²) in [5.41, 5.74) is -0.240. The van der Waals surface area contributed by atoms with Crippen LogP contribution >= 0.6 is 23.2 Å². The van der Waals surface area contributed by atoms with Crippen LogP contribution in [0, 0.1) is 0 Å². The van der Waals surface area contributed by atoms with Gasteiger partial charge in [-0.25, -0.2) is 0 Å². The first-order valence-corrected chi connectivity index (χ1v) is 8.20. The third-order valence-corrected chi connectivity index (χ3v) is 5.14. The van der Waals surface area contributed by atoms with Crippen LogP contribution in [0.3, 0.4) is 0 Å². The van der Waals surface area contributed by atoms with E-state index >= 15 is 0 Å². The fraction of sp³-hybridized carbons (Fsp3) is 0.562. The summed E-state index contributed by atoms with van der Waals surface area (Å²) in [4.78, 5) is 11.9. The molecule has 7 heteroatoms. The lowest BCUT2D eigenvalue weighted by atomic mass is 9.66. The molecule has 0 bridgehead atoms. The van der Waals surface area contributed by atoms with E-state index < -0.39 is 18.3 Å². The molecular formula is C16H21BCl2O4. The van der Waals surface area contributed by atoms with E-state index in [1.165, 1.54) is 7.11 Å². The second-order valence-electron chi connectivity index (χ2n) is 6.68. The van der Waals surface area contributed by atoms with Gasteiger partial charge in [-0.1, -0.05) is 29.3 Å². The standard InChI is InChI=1S/C16H21BCl2O4/c1-15(2)16(3,4)23-17(22-15)12(9-14(20)21-5)11-7-6-10(18)8-13(11)19/h6-8,12H,9H2,1-5H3. The van der Waals surface area contributed by atoms with Crippen LogP contribution in [0.25, 0.3) is 0 Å². The zero-order chi connectivity index (χ0) is 17.4. The predicted molar refractivity (Wildman–Crippen MR) is 91.9 cm³/mol. The largest absolute Gasteiger partial charge is 0.469 e. The number of hydrogen-bond donors (Lipinski definition) is 0. The maximum Gasteiger partial charge on any atom is 0.466 e. The quantitative estimate of drug-likeness (QED) is 0.595. The van der Waals surface area contributed by atoms with Crippen molar-refractivity contribution in [2.24, 2.45) is 0 Å². The Balaban J connectivity index is 2.38. The molecule has 0 saturated carbocycles. The summed E-state index contributed by atoms with van der Waals surface area (Å²) in [6, 6.07) is 5.18. The predicted octanol–water partition coefficient (Wildman–Crippen LogP) is 4.27. The lowest BCUT2D eigenvalue weighted by Gasteiger charge is -2.32. The second kappa shape index (κ2) is 6.63. The molecule has 0 aromatic heterocycles. The summed E-state index contributed by atoms with van der Waals surface area (Å²) >= 11 is 12.3. The van der Waals surface area contributed by atoms with E-state index in [0.717, 1.165) is 5.56 Å². The zero-order valence-corrected chi connectivity index (χ0v) is 15.5. The van der Waals surface area contributed by atoms with Crippen LogP contribution in [-0.2, 0) is 18.8 Å². The summed E-state index contributed by atoms with van der Waals surface area (Å²) in [5, 5.41) is 1.01. The first-order chi connectivity index (χ1) is 10.6. The third-order valence-electron chi connectivity index (χ3n) is 4.58. The highest BCUT2D eigenvalue weighted by molar-refractivity contribution is 6.48. The highest BCUT2D eigenvalue weighted by Crippen LogP contribution is 2.43. The van der Waals surface area contributed by atoms with Gasteiger partial charge < -0.3 is 14.0 Å². The molecule has 1 aliphatic heterocycles. The summed E-state index contributed by atoms with van der Waals surface area (Å²) in [6.45, 7) is 7.86. The maximum absolute atomic E-state index is 11.9. The summed E-state index contributed by atoms with van der Waals surface area (Å²) in [5.74, 6) is -0.732. The van der Waals surface area contributed by atoms with Crippen LogP contribution in [0.2, 0.25) is 10.0 Å². The van der Waals surface area contributed by atoms with E-state index in [-0.39, 0.29) is 18.2 Å². The molecular weight excluding hydrogens is 338 g/mol. The van der Waals surface area contributed by atoms with Gasteiger partial charge in [0.25, 0.3) is 0 Å². The Kier molecular flexibility index (Phi) is 5.36. The van der Waals surface area contributed by atoms with Crippen molar-refractivity contribution < 1.29 is 18.8 Å². The van der Waals surface area contributed by atoms with Crippen LogP contribution in [0.4, 0.5) is 0 Å². The van der Waals surface area contributed by atoms with E-state index in [9.17, 15) is 4.79 Å². The molecule has 23 heavy (non-hydrogen) atoms. The molecule has 1 aromatic rings. The number of rotatable bonds is 4. The Labute approximate surface area is 147 Å². The average Bonchev–Trinajstić information content (AvgIpc) is 2.65. The number of ether oxygens (including phenoxy) is 1. The van der Waals surface area contributed by atoms with Gasteiger partial charge in [0.2, 0.25) is 0 Å². The molecule has 0 aliphatic carbocycles. The zero-order valence-electron chi connectivity index (χ0n) is 14.0. The lowest BCUT2D eigenvalue weighted by molar-refractivity contribution is -0.140. The fourth-order valence-electron chi connectivity index (χ4n) is 2.47. The molecule has 1 unspecified atom stereocenters. The van der Waals surface area contributed by atoms with E-state index in [4.69, 9.17) is 37.2 Å². The van der Waals surface area contributed by atoms with Gasteiger partial charge in [-0.2, -0.15) is 0 Å². The van der Waals surface area contributed by atoms with E-state index in [1.54, 1.807) is 18.2 Å². The Bertz CT molecular complexity index is 588. The molecule has 1 aromatic carbocycles. The van der Waals surface area contributed by atoms with Crippen LogP contribution in [-0.4, -0.2) is 31.4 Å². The van der Waals surface area contributed by atoms with Gasteiger partial charge in [0, 0.05) is 15.9 Å². The molecule has 1 saturated heterocycles. The molecule has 0 N–H and O–H groups in total. The van der Waals surface area contributed by atoms with Crippen LogP contribution in [0.1, 0.15) is 45.5 Å². The van der Waals surface area contributed by atoms with Crippen molar-refractivity contribution in [1.82, 2.24) is 0 Å².